The lowest BCUT2D eigenvalue weighted by Gasteiger charge is -2.09. The molecule has 7 nitrogen and oxygen atoms in total. The molecule has 0 aliphatic heterocycles. The highest BCUT2D eigenvalue weighted by atomic mass is 16.5. The molecule has 0 fully saturated rings. The van der Waals surface area contributed by atoms with Crippen LogP contribution in [0.4, 0.5) is 0 Å². The van der Waals surface area contributed by atoms with Gasteiger partial charge in [-0.1, -0.05) is 18.2 Å². The molecule has 2 aromatic carbocycles. The predicted molar refractivity (Wildman–Crippen MR) is 102 cm³/mol. The molecule has 0 unspecified atom stereocenters. The number of ether oxygens (including phenoxy) is 2. The van der Waals surface area contributed by atoms with E-state index in [-0.39, 0.29) is 0 Å². The second kappa shape index (κ2) is 7.77. The number of methoxy groups -OCH3 is 2. The number of guanidine groups is 1. The van der Waals surface area contributed by atoms with Crippen molar-refractivity contribution in [2.45, 2.75) is 13.1 Å². The van der Waals surface area contributed by atoms with Crippen molar-refractivity contribution in [3.05, 3.63) is 53.9 Å². The molecule has 0 bridgehead atoms. The first-order valence-corrected chi connectivity index (χ1v) is 8.27. The summed E-state index contributed by atoms with van der Waals surface area (Å²) in [6, 6.07) is 13.7. The van der Waals surface area contributed by atoms with Crippen molar-refractivity contribution in [2.75, 3.05) is 14.2 Å². The van der Waals surface area contributed by atoms with Gasteiger partial charge in [0, 0.05) is 7.05 Å². The summed E-state index contributed by atoms with van der Waals surface area (Å²) < 4.78 is 12.6. The zero-order chi connectivity index (χ0) is 18.5. The lowest BCUT2D eigenvalue weighted by molar-refractivity contribution is 0.354. The van der Waals surface area contributed by atoms with Crippen LogP contribution in [-0.4, -0.2) is 29.7 Å². The largest absolute Gasteiger partial charge is 0.493 e. The minimum atomic E-state index is 0.367. The Hall–Kier alpha value is -3.22. The molecule has 26 heavy (non-hydrogen) atoms. The predicted octanol–water partition coefficient (Wildman–Crippen LogP) is 2.20. The van der Waals surface area contributed by atoms with Crippen LogP contribution >= 0.6 is 0 Å². The van der Waals surface area contributed by atoms with Gasteiger partial charge in [0.05, 0.1) is 38.3 Å². The fourth-order valence-corrected chi connectivity index (χ4v) is 2.73. The number of hydrogen-bond acceptors (Lipinski definition) is 4. The Kier molecular flexibility index (Phi) is 5.26. The molecule has 1 heterocycles. The second-order valence-electron chi connectivity index (χ2n) is 5.82. The van der Waals surface area contributed by atoms with E-state index < -0.39 is 0 Å². The van der Waals surface area contributed by atoms with Crippen LogP contribution in [0.5, 0.6) is 11.5 Å². The summed E-state index contributed by atoms with van der Waals surface area (Å²) in [7, 11) is 5.21. The van der Waals surface area contributed by atoms with Gasteiger partial charge in [-0.3, -0.25) is 0 Å². The van der Waals surface area contributed by atoms with E-state index in [2.05, 4.69) is 15.3 Å². The highest BCUT2D eigenvalue weighted by molar-refractivity contribution is 5.78. The van der Waals surface area contributed by atoms with Crippen LogP contribution in [0.15, 0.2) is 47.5 Å². The lowest BCUT2D eigenvalue weighted by Crippen LogP contribution is -2.32. The number of hydrogen-bond donors (Lipinski definition) is 2. The SMILES string of the molecule is COc1ccc(CN=C(N)NCc2nc3ccccc3n2C)cc1OC. The molecule has 0 atom stereocenters. The number of para-hydroxylation sites is 2. The van der Waals surface area contributed by atoms with Gasteiger partial charge in [-0.15, -0.1) is 0 Å². The number of nitrogens with zero attached hydrogens (tertiary/aromatic N) is 3. The van der Waals surface area contributed by atoms with Crippen LogP contribution in [0.1, 0.15) is 11.4 Å². The third kappa shape index (κ3) is 3.72. The molecule has 3 rings (SSSR count). The molecule has 0 spiro atoms. The quantitative estimate of drug-likeness (QED) is 0.524. The summed E-state index contributed by atoms with van der Waals surface area (Å²) in [5.74, 6) is 2.63. The first-order valence-electron chi connectivity index (χ1n) is 8.27. The van der Waals surface area contributed by atoms with Gasteiger partial charge in [0.2, 0.25) is 0 Å². The third-order valence-electron chi connectivity index (χ3n) is 4.19. The lowest BCUT2D eigenvalue weighted by atomic mass is 10.2. The first-order chi connectivity index (χ1) is 12.6. The van der Waals surface area contributed by atoms with Crippen molar-refractivity contribution in [1.29, 1.82) is 0 Å². The number of nitrogens with one attached hydrogen (secondary N) is 1. The van der Waals surface area contributed by atoms with Crippen molar-refractivity contribution in [3.63, 3.8) is 0 Å². The monoisotopic (exact) mass is 353 g/mol. The van der Waals surface area contributed by atoms with Crippen LogP contribution in [-0.2, 0) is 20.1 Å². The Labute approximate surface area is 152 Å². The molecule has 0 saturated carbocycles. The van der Waals surface area contributed by atoms with Gasteiger partial charge in [-0.05, 0) is 29.8 Å². The van der Waals surface area contributed by atoms with Gasteiger partial charge >= 0.3 is 0 Å². The van der Waals surface area contributed by atoms with Crippen molar-refractivity contribution >= 4 is 17.0 Å². The Morgan fingerprint density at radius 1 is 1.15 bits per heavy atom. The zero-order valence-electron chi connectivity index (χ0n) is 15.2. The molecule has 0 amide bonds. The van der Waals surface area contributed by atoms with E-state index in [0.29, 0.717) is 30.5 Å². The summed E-state index contributed by atoms with van der Waals surface area (Å²) in [6.07, 6.45) is 0. The average Bonchev–Trinajstić information content (AvgIpc) is 3.00. The second-order valence-corrected chi connectivity index (χ2v) is 5.82. The minimum absolute atomic E-state index is 0.367. The maximum atomic E-state index is 5.99. The van der Waals surface area contributed by atoms with Crippen LogP contribution < -0.4 is 20.5 Å². The summed E-state index contributed by atoms with van der Waals surface area (Å²) in [5, 5.41) is 3.11. The number of aromatic nitrogens is 2. The Morgan fingerprint density at radius 2 is 1.92 bits per heavy atom. The van der Waals surface area contributed by atoms with E-state index in [4.69, 9.17) is 15.2 Å². The normalized spacial score (nSPS) is 11.6. The molecule has 0 radical (unpaired) electrons. The van der Waals surface area contributed by atoms with E-state index in [1.165, 1.54) is 0 Å². The molecule has 0 aliphatic carbocycles. The number of aliphatic imine (C=N–C) groups is 1. The van der Waals surface area contributed by atoms with Gasteiger partial charge in [-0.2, -0.15) is 0 Å². The van der Waals surface area contributed by atoms with Crippen molar-refractivity contribution in [3.8, 4) is 11.5 Å². The first kappa shape index (κ1) is 17.6. The topological polar surface area (TPSA) is 86.7 Å². The number of imidazole rings is 1. The number of aryl methyl sites for hydroxylation is 1. The third-order valence-corrected chi connectivity index (χ3v) is 4.19. The highest BCUT2D eigenvalue weighted by Gasteiger charge is 2.07. The number of rotatable bonds is 6. The molecular formula is C19H23N5O2. The summed E-state index contributed by atoms with van der Waals surface area (Å²) >= 11 is 0. The van der Waals surface area contributed by atoms with Crippen LogP contribution in [0, 0.1) is 0 Å². The number of nitrogens with two attached hydrogens (primary N) is 1. The summed E-state index contributed by atoms with van der Waals surface area (Å²) in [6.45, 7) is 0.953. The molecular weight excluding hydrogens is 330 g/mol. The molecule has 3 aromatic rings. The Bertz CT molecular complexity index is 933. The van der Waals surface area contributed by atoms with Crippen LogP contribution in [0.25, 0.3) is 11.0 Å². The molecule has 7 heteroatoms. The van der Waals surface area contributed by atoms with E-state index in [0.717, 1.165) is 22.4 Å². The molecule has 0 saturated heterocycles. The molecule has 3 N–H and O–H groups in total. The minimum Gasteiger partial charge on any atom is -0.493 e. The fourth-order valence-electron chi connectivity index (χ4n) is 2.73. The maximum absolute atomic E-state index is 5.99. The maximum Gasteiger partial charge on any atom is 0.189 e. The van der Waals surface area contributed by atoms with Crippen LogP contribution in [0.3, 0.4) is 0 Å². The molecule has 1 aromatic heterocycles. The standard InChI is InChI=1S/C19H23N5O2/c1-24-15-7-5-4-6-14(15)23-18(24)12-22-19(20)21-11-13-8-9-16(25-2)17(10-13)26-3/h4-10H,11-12H2,1-3H3,(H3,20,21,22). The smallest absolute Gasteiger partial charge is 0.189 e. The molecule has 0 aliphatic rings. The van der Waals surface area contributed by atoms with E-state index in [9.17, 15) is 0 Å². The average molecular weight is 353 g/mol. The Morgan fingerprint density at radius 3 is 2.65 bits per heavy atom. The van der Waals surface area contributed by atoms with E-state index in [1.54, 1.807) is 14.2 Å². The van der Waals surface area contributed by atoms with E-state index >= 15 is 0 Å². The van der Waals surface area contributed by atoms with E-state index in [1.807, 2.05) is 54.1 Å². The van der Waals surface area contributed by atoms with Gasteiger partial charge in [0.15, 0.2) is 17.5 Å². The summed E-state index contributed by atoms with van der Waals surface area (Å²) in [5.41, 5.74) is 9.02. The Balaban J connectivity index is 1.64. The van der Waals surface area contributed by atoms with Gasteiger partial charge in [0.1, 0.15) is 5.82 Å². The van der Waals surface area contributed by atoms with Gasteiger partial charge in [0.25, 0.3) is 0 Å². The number of benzene rings is 2. The van der Waals surface area contributed by atoms with Crippen molar-refractivity contribution in [1.82, 2.24) is 14.9 Å². The molecule has 136 valence electrons. The van der Waals surface area contributed by atoms with Gasteiger partial charge < -0.3 is 25.1 Å². The fraction of sp³-hybridized carbons (Fsp3) is 0.263. The highest BCUT2D eigenvalue weighted by Crippen LogP contribution is 2.27. The van der Waals surface area contributed by atoms with Crippen molar-refractivity contribution in [2.24, 2.45) is 17.8 Å². The number of fused-ring (bicyclic) bond motifs is 1. The zero-order valence-corrected chi connectivity index (χ0v) is 15.2. The summed E-state index contributed by atoms with van der Waals surface area (Å²) in [4.78, 5) is 8.98. The van der Waals surface area contributed by atoms with Crippen LogP contribution in [0.2, 0.25) is 0 Å². The van der Waals surface area contributed by atoms with Gasteiger partial charge in [-0.25, -0.2) is 9.98 Å². The van der Waals surface area contributed by atoms with Crippen molar-refractivity contribution < 1.29 is 9.47 Å².